The van der Waals surface area contributed by atoms with Gasteiger partial charge in [0.2, 0.25) is 0 Å². The predicted octanol–water partition coefficient (Wildman–Crippen LogP) is 4.86. The van der Waals surface area contributed by atoms with Crippen LogP contribution >= 0.6 is 23.2 Å². The third kappa shape index (κ3) is 4.10. The van der Waals surface area contributed by atoms with Crippen LogP contribution < -0.4 is 16.4 Å². The van der Waals surface area contributed by atoms with Crippen molar-refractivity contribution in [2.75, 3.05) is 16.4 Å². The van der Waals surface area contributed by atoms with Crippen LogP contribution in [0.3, 0.4) is 0 Å². The Balaban J connectivity index is 1.77. The molecule has 0 radical (unpaired) electrons. The van der Waals surface area contributed by atoms with Gasteiger partial charge in [-0.15, -0.1) is 0 Å². The summed E-state index contributed by atoms with van der Waals surface area (Å²) in [7, 11) is 0. The summed E-state index contributed by atoms with van der Waals surface area (Å²) in [5.41, 5.74) is 7.94. The van der Waals surface area contributed by atoms with E-state index in [0.29, 0.717) is 39.6 Å². The Morgan fingerprint density at radius 3 is 2.48 bits per heavy atom. The molecule has 8 heteroatoms. The Kier molecular flexibility index (Phi) is 5.21. The van der Waals surface area contributed by atoms with Gasteiger partial charge in [-0.25, -0.2) is 14.4 Å². The second-order valence-corrected chi connectivity index (χ2v) is 5.98. The Morgan fingerprint density at radius 2 is 1.72 bits per heavy atom. The summed E-state index contributed by atoms with van der Waals surface area (Å²) in [6, 6.07) is 11.4. The molecule has 0 atom stereocenters. The quantitative estimate of drug-likeness (QED) is 0.591. The smallest absolute Gasteiger partial charge is 0.159 e. The molecule has 0 saturated carbocycles. The van der Waals surface area contributed by atoms with Gasteiger partial charge in [-0.05, 0) is 29.8 Å². The number of nitrogens with zero attached hydrogens (tertiary/aromatic N) is 2. The minimum absolute atomic E-state index is 0.282. The standard InChI is InChI=1S/C17H14Cl2FN5/c18-12-2-1-3-13(14(12)19)25-17-15(21)16(23-9-24-17)22-8-10-4-6-11(20)7-5-10/h1-7,9H,8,21H2,(H2,22,23,24,25). The van der Waals surface area contributed by atoms with Crippen LogP contribution in [0.2, 0.25) is 10.0 Å². The van der Waals surface area contributed by atoms with Crippen LogP contribution in [0.15, 0.2) is 48.8 Å². The van der Waals surface area contributed by atoms with E-state index >= 15 is 0 Å². The number of rotatable bonds is 5. The molecule has 0 amide bonds. The Hall–Kier alpha value is -2.57. The van der Waals surface area contributed by atoms with E-state index < -0.39 is 0 Å². The van der Waals surface area contributed by atoms with Crippen LogP contribution in [-0.4, -0.2) is 9.97 Å². The lowest BCUT2D eigenvalue weighted by atomic mass is 10.2. The molecule has 5 nitrogen and oxygen atoms in total. The van der Waals surface area contributed by atoms with Crippen molar-refractivity contribution in [2.45, 2.75) is 6.54 Å². The zero-order valence-corrected chi connectivity index (χ0v) is 14.4. The van der Waals surface area contributed by atoms with Crippen LogP contribution in [0.5, 0.6) is 0 Å². The summed E-state index contributed by atoms with van der Waals surface area (Å²) in [5, 5.41) is 6.95. The van der Waals surface area contributed by atoms with Gasteiger partial charge >= 0.3 is 0 Å². The van der Waals surface area contributed by atoms with E-state index in [2.05, 4.69) is 20.6 Å². The largest absolute Gasteiger partial charge is 0.393 e. The lowest BCUT2D eigenvalue weighted by Crippen LogP contribution is -2.08. The lowest BCUT2D eigenvalue weighted by molar-refractivity contribution is 0.627. The van der Waals surface area contributed by atoms with Crippen molar-refractivity contribution in [3.8, 4) is 0 Å². The summed E-state index contributed by atoms with van der Waals surface area (Å²) in [4.78, 5) is 8.27. The molecule has 1 aromatic heterocycles. The zero-order chi connectivity index (χ0) is 17.8. The third-order valence-electron chi connectivity index (χ3n) is 3.46. The van der Waals surface area contributed by atoms with Crippen molar-refractivity contribution in [3.63, 3.8) is 0 Å². The highest BCUT2D eigenvalue weighted by molar-refractivity contribution is 6.43. The average molecular weight is 378 g/mol. The maximum Gasteiger partial charge on any atom is 0.159 e. The second-order valence-electron chi connectivity index (χ2n) is 5.19. The summed E-state index contributed by atoms with van der Waals surface area (Å²) in [6.07, 6.45) is 1.38. The maximum atomic E-state index is 12.9. The first kappa shape index (κ1) is 17.3. The SMILES string of the molecule is Nc1c(NCc2ccc(F)cc2)ncnc1Nc1cccc(Cl)c1Cl. The Bertz CT molecular complexity index is 887. The van der Waals surface area contributed by atoms with Gasteiger partial charge in [0.05, 0.1) is 15.7 Å². The molecule has 0 spiro atoms. The fourth-order valence-electron chi connectivity index (χ4n) is 2.15. The molecule has 0 fully saturated rings. The second kappa shape index (κ2) is 7.55. The lowest BCUT2D eigenvalue weighted by Gasteiger charge is -2.13. The summed E-state index contributed by atoms with van der Waals surface area (Å²) in [6.45, 7) is 0.443. The molecule has 128 valence electrons. The van der Waals surface area contributed by atoms with E-state index in [1.165, 1.54) is 18.5 Å². The molecule has 1 heterocycles. The summed E-state index contributed by atoms with van der Waals surface area (Å²) < 4.78 is 12.9. The van der Waals surface area contributed by atoms with Crippen molar-refractivity contribution < 1.29 is 4.39 Å². The number of hydrogen-bond donors (Lipinski definition) is 3. The first-order chi connectivity index (χ1) is 12.0. The molecule has 3 rings (SSSR count). The van der Waals surface area contributed by atoms with Gasteiger partial charge in [0.1, 0.15) is 17.8 Å². The van der Waals surface area contributed by atoms with Crippen molar-refractivity contribution >= 4 is 46.2 Å². The van der Waals surface area contributed by atoms with Gasteiger partial charge < -0.3 is 16.4 Å². The number of nitrogens with one attached hydrogen (secondary N) is 2. The van der Waals surface area contributed by atoms with Crippen LogP contribution in [0.1, 0.15) is 5.56 Å². The molecule has 3 aromatic rings. The van der Waals surface area contributed by atoms with Gasteiger partial charge in [0, 0.05) is 6.54 Å². The summed E-state index contributed by atoms with van der Waals surface area (Å²) in [5.74, 6) is 0.580. The molecule has 0 aliphatic rings. The van der Waals surface area contributed by atoms with Crippen LogP contribution in [0.25, 0.3) is 0 Å². The monoisotopic (exact) mass is 377 g/mol. The summed E-state index contributed by atoms with van der Waals surface area (Å²) >= 11 is 12.2. The molecular weight excluding hydrogens is 364 g/mol. The van der Waals surface area contributed by atoms with Crippen molar-refractivity contribution in [1.82, 2.24) is 9.97 Å². The Morgan fingerprint density at radius 1 is 1.00 bits per heavy atom. The molecular formula is C17H14Cl2FN5. The minimum atomic E-state index is -0.282. The molecule has 4 N–H and O–H groups in total. The van der Waals surface area contributed by atoms with E-state index in [-0.39, 0.29) is 5.82 Å². The zero-order valence-electron chi connectivity index (χ0n) is 12.9. The molecule has 0 saturated heterocycles. The fourth-order valence-corrected chi connectivity index (χ4v) is 2.50. The van der Waals surface area contributed by atoms with E-state index in [9.17, 15) is 4.39 Å². The molecule has 25 heavy (non-hydrogen) atoms. The normalized spacial score (nSPS) is 10.5. The number of halogens is 3. The van der Waals surface area contributed by atoms with E-state index in [0.717, 1.165) is 5.56 Å². The topological polar surface area (TPSA) is 75.9 Å². The molecule has 0 unspecified atom stereocenters. The van der Waals surface area contributed by atoms with E-state index in [1.54, 1.807) is 30.3 Å². The van der Waals surface area contributed by atoms with Gasteiger partial charge in [0.25, 0.3) is 0 Å². The first-order valence-corrected chi connectivity index (χ1v) is 8.10. The number of hydrogen-bond acceptors (Lipinski definition) is 5. The van der Waals surface area contributed by atoms with E-state index in [1.807, 2.05) is 0 Å². The molecule has 0 aliphatic heterocycles. The van der Waals surface area contributed by atoms with Gasteiger partial charge in [-0.1, -0.05) is 41.4 Å². The number of nitrogens with two attached hydrogens (primary N) is 1. The van der Waals surface area contributed by atoms with Gasteiger partial charge in [-0.3, -0.25) is 0 Å². The fraction of sp³-hybridized carbons (Fsp3) is 0.0588. The third-order valence-corrected chi connectivity index (χ3v) is 4.28. The van der Waals surface area contributed by atoms with Crippen LogP contribution in [-0.2, 0) is 6.54 Å². The van der Waals surface area contributed by atoms with Crippen molar-refractivity contribution in [1.29, 1.82) is 0 Å². The maximum absolute atomic E-state index is 12.9. The molecule has 0 aliphatic carbocycles. The van der Waals surface area contributed by atoms with Crippen LogP contribution in [0, 0.1) is 5.82 Å². The number of nitrogen functional groups attached to an aromatic ring is 1. The van der Waals surface area contributed by atoms with Crippen LogP contribution in [0.4, 0.5) is 27.4 Å². The average Bonchev–Trinajstić information content (AvgIpc) is 2.61. The van der Waals surface area contributed by atoms with Gasteiger partial charge in [0.15, 0.2) is 11.6 Å². The highest BCUT2D eigenvalue weighted by atomic mass is 35.5. The Labute approximate surface area is 154 Å². The molecule has 2 aromatic carbocycles. The number of benzene rings is 2. The first-order valence-electron chi connectivity index (χ1n) is 7.34. The minimum Gasteiger partial charge on any atom is -0.393 e. The number of anilines is 4. The van der Waals surface area contributed by atoms with Gasteiger partial charge in [-0.2, -0.15) is 0 Å². The van der Waals surface area contributed by atoms with Crippen molar-refractivity contribution in [3.05, 3.63) is 70.2 Å². The predicted molar refractivity (Wildman–Crippen MR) is 99.9 cm³/mol. The highest BCUT2D eigenvalue weighted by Crippen LogP contribution is 2.33. The van der Waals surface area contributed by atoms with E-state index in [4.69, 9.17) is 28.9 Å². The molecule has 0 bridgehead atoms. The highest BCUT2D eigenvalue weighted by Gasteiger charge is 2.11. The number of aromatic nitrogens is 2. The van der Waals surface area contributed by atoms with Crippen molar-refractivity contribution in [2.24, 2.45) is 0 Å².